The van der Waals surface area contributed by atoms with Crippen molar-refractivity contribution in [1.29, 1.82) is 0 Å². The van der Waals surface area contributed by atoms with Crippen molar-refractivity contribution in [2.45, 2.75) is 13.8 Å². The number of carbonyl (C=O) groups is 2. The summed E-state index contributed by atoms with van der Waals surface area (Å²) in [5.74, 6) is -0.122. The lowest BCUT2D eigenvalue weighted by atomic mass is 10.1. The molecule has 0 atom stereocenters. The van der Waals surface area contributed by atoms with Gasteiger partial charge in [-0.3, -0.25) is 9.59 Å². The number of anilines is 1. The summed E-state index contributed by atoms with van der Waals surface area (Å²) in [5.41, 5.74) is 1.39. The Bertz CT molecular complexity index is 472. The van der Waals surface area contributed by atoms with Gasteiger partial charge in [0, 0.05) is 23.2 Å². The predicted molar refractivity (Wildman–Crippen MR) is 88.9 cm³/mol. The first-order valence-electron chi connectivity index (χ1n) is 4.30. The van der Waals surface area contributed by atoms with E-state index in [0.717, 1.165) is 16.4 Å². The molecule has 16 heavy (non-hydrogen) atoms. The smallest absolute Gasteiger partial charge is 0.221 e. The van der Waals surface area contributed by atoms with E-state index in [-0.39, 0.29) is 11.7 Å². The molecular weight excluding hydrogens is 547 g/mol. The van der Waals surface area contributed by atoms with Gasteiger partial charge in [0.05, 0.1) is 5.69 Å². The summed E-state index contributed by atoms with van der Waals surface area (Å²) in [7, 11) is 0. The summed E-state index contributed by atoms with van der Waals surface area (Å²) < 4.78 is 2.65. The van der Waals surface area contributed by atoms with Crippen LogP contribution in [0.15, 0.2) is 6.07 Å². The molecule has 0 saturated carbocycles. The van der Waals surface area contributed by atoms with Crippen molar-refractivity contribution in [3.8, 4) is 0 Å². The van der Waals surface area contributed by atoms with E-state index in [1.54, 1.807) is 0 Å². The number of amides is 1. The molecule has 0 unspecified atom stereocenters. The summed E-state index contributed by atoms with van der Waals surface area (Å²) in [6.45, 7) is 2.99. The molecule has 0 saturated heterocycles. The quantitative estimate of drug-likeness (QED) is 0.448. The topological polar surface area (TPSA) is 46.2 Å². The summed E-state index contributed by atoms with van der Waals surface area (Å²) in [6, 6.07) is 1.89. The summed E-state index contributed by atoms with van der Waals surface area (Å²) in [5, 5.41) is 2.75. The fourth-order valence-corrected chi connectivity index (χ4v) is 5.60. The van der Waals surface area contributed by atoms with Crippen molar-refractivity contribution in [2.24, 2.45) is 0 Å². The molecule has 1 N–H and O–H groups in total. The first-order valence-corrected chi connectivity index (χ1v) is 7.54. The lowest BCUT2D eigenvalue weighted by Crippen LogP contribution is -2.12. The SMILES string of the molecule is CC(=O)Nc1c(I)cc(I)c(C(C)=O)c1I. The minimum Gasteiger partial charge on any atom is -0.324 e. The molecule has 1 aromatic carbocycles. The largest absolute Gasteiger partial charge is 0.324 e. The first-order chi connectivity index (χ1) is 7.34. The van der Waals surface area contributed by atoms with Gasteiger partial charge in [-0.15, -0.1) is 0 Å². The van der Waals surface area contributed by atoms with E-state index >= 15 is 0 Å². The number of ketones is 1. The number of carbonyl (C=O) groups excluding carboxylic acids is 2. The Morgan fingerprint density at radius 2 is 1.69 bits per heavy atom. The zero-order valence-corrected chi connectivity index (χ0v) is 15.0. The highest BCUT2D eigenvalue weighted by Crippen LogP contribution is 2.31. The Morgan fingerprint density at radius 1 is 1.12 bits per heavy atom. The van der Waals surface area contributed by atoms with Crippen LogP contribution >= 0.6 is 67.8 Å². The highest BCUT2D eigenvalue weighted by atomic mass is 127. The number of hydrogen-bond acceptors (Lipinski definition) is 2. The van der Waals surface area contributed by atoms with E-state index in [9.17, 15) is 9.59 Å². The lowest BCUT2D eigenvalue weighted by Gasteiger charge is -2.12. The normalized spacial score (nSPS) is 10.1. The molecule has 0 heterocycles. The number of hydrogen-bond donors (Lipinski definition) is 1. The molecule has 1 amide bonds. The lowest BCUT2D eigenvalue weighted by molar-refractivity contribution is -0.114. The molecule has 0 aliphatic carbocycles. The van der Waals surface area contributed by atoms with Crippen LogP contribution in [-0.4, -0.2) is 11.7 Å². The standard InChI is InChI=1S/C10H8I3NO2/c1-4(15)8-6(11)3-7(12)10(9(8)13)14-5(2)16/h3H,1-2H3,(H,14,16). The van der Waals surface area contributed by atoms with E-state index in [4.69, 9.17) is 0 Å². The average Bonchev–Trinajstić information content (AvgIpc) is 2.10. The van der Waals surface area contributed by atoms with Gasteiger partial charge in [0.2, 0.25) is 5.91 Å². The summed E-state index contributed by atoms with van der Waals surface area (Å²) in [6.07, 6.45) is 0. The van der Waals surface area contributed by atoms with Gasteiger partial charge < -0.3 is 5.32 Å². The van der Waals surface area contributed by atoms with Crippen LogP contribution in [-0.2, 0) is 4.79 Å². The molecule has 0 aromatic heterocycles. The molecule has 0 radical (unpaired) electrons. The fraction of sp³-hybridized carbons (Fsp3) is 0.200. The Balaban J connectivity index is 3.44. The van der Waals surface area contributed by atoms with Crippen LogP contribution in [0.2, 0.25) is 0 Å². The number of benzene rings is 1. The average molecular weight is 555 g/mol. The summed E-state index contributed by atoms with van der Waals surface area (Å²) in [4.78, 5) is 22.6. The maximum atomic E-state index is 11.5. The Hall–Kier alpha value is 0.550. The molecule has 0 bridgehead atoms. The summed E-state index contributed by atoms with van der Waals surface area (Å²) >= 11 is 6.38. The van der Waals surface area contributed by atoms with E-state index in [0.29, 0.717) is 5.56 Å². The van der Waals surface area contributed by atoms with Crippen LogP contribution in [0.1, 0.15) is 24.2 Å². The monoisotopic (exact) mass is 555 g/mol. The van der Waals surface area contributed by atoms with Gasteiger partial charge in [-0.2, -0.15) is 0 Å². The molecule has 3 nitrogen and oxygen atoms in total. The number of halogens is 3. The highest BCUT2D eigenvalue weighted by Gasteiger charge is 2.17. The van der Waals surface area contributed by atoms with Gasteiger partial charge in [-0.05, 0) is 80.8 Å². The van der Waals surface area contributed by atoms with Crippen LogP contribution in [0.25, 0.3) is 0 Å². The molecular formula is C10H8I3NO2. The van der Waals surface area contributed by atoms with Crippen molar-refractivity contribution in [2.75, 3.05) is 5.32 Å². The van der Waals surface area contributed by atoms with Gasteiger partial charge in [0.1, 0.15) is 0 Å². The third-order valence-corrected chi connectivity index (χ3v) is 4.60. The van der Waals surface area contributed by atoms with Crippen LogP contribution in [0.4, 0.5) is 5.69 Å². The second-order valence-electron chi connectivity index (χ2n) is 3.14. The van der Waals surface area contributed by atoms with Gasteiger partial charge in [-0.25, -0.2) is 0 Å². The first kappa shape index (κ1) is 14.6. The van der Waals surface area contributed by atoms with Crippen molar-refractivity contribution in [3.05, 3.63) is 22.3 Å². The fourth-order valence-electron chi connectivity index (χ4n) is 1.20. The Kier molecular flexibility index (Phi) is 5.42. The van der Waals surface area contributed by atoms with Crippen LogP contribution in [0.5, 0.6) is 0 Å². The maximum absolute atomic E-state index is 11.5. The Morgan fingerprint density at radius 3 is 2.12 bits per heavy atom. The van der Waals surface area contributed by atoms with E-state index in [2.05, 4.69) is 73.1 Å². The number of Topliss-reactive ketones (excluding diaryl/α,β-unsaturated/α-hetero) is 1. The van der Waals surface area contributed by atoms with Crippen molar-refractivity contribution >= 4 is 85.2 Å². The van der Waals surface area contributed by atoms with E-state index in [1.165, 1.54) is 13.8 Å². The number of rotatable bonds is 2. The Labute approximate surface area is 135 Å². The van der Waals surface area contributed by atoms with Crippen LogP contribution in [0, 0.1) is 10.7 Å². The maximum Gasteiger partial charge on any atom is 0.221 e. The van der Waals surface area contributed by atoms with Gasteiger partial charge in [-0.1, -0.05) is 0 Å². The van der Waals surface area contributed by atoms with Gasteiger partial charge >= 0.3 is 0 Å². The molecule has 1 rings (SSSR count). The van der Waals surface area contributed by atoms with E-state index in [1.807, 2.05) is 6.07 Å². The third-order valence-electron chi connectivity index (χ3n) is 1.82. The molecule has 86 valence electrons. The molecule has 6 heteroatoms. The van der Waals surface area contributed by atoms with Crippen LogP contribution < -0.4 is 5.32 Å². The molecule has 0 spiro atoms. The van der Waals surface area contributed by atoms with Crippen molar-refractivity contribution < 1.29 is 9.59 Å². The van der Waals surface area contributed by atoms with E-state index < -0.39 is 0 Å². The second kappa shape index (κ2) is 5.94. The molecule has 1 aromatic rings. The second-order valence-corrected chi connectivity index (χ2v) is 6.54. The minimum atomic E-state index is -0.133. The van der Waals surface area contributed by atoms with Gasteiger partial charge in [0.25, 0.3) is 0 Å². The zero-order chi connectivity index (χ0) is 12.5. The predicted octanol–water partition coefficient (Wildman–Crippen LogP) is 3.66. The van der Waals surface area contributed by atoms with Crippen LogP contribution in [0.3, 0.4) is 0 Å². The minimum absolute atomic E-state index is 0.0109. The number of nitrogens with one attached hydrogen (secondary N) is 1. The highest BCUT2D eigenvalue weighted by molar-refractivity contribution is 14.1. The van der Waals surface area contributed by atoms with Crippen molar-refractivity contribution in [3.63, 3.8) is 0 Å². The third kappa shape index (κ3) is 3.28. The van der Waals surface area contributed by atoms with Gasteiger partial charge in [0.15, 0.2) is 5.78 Å². The zero-order valence-electron chi connectivity index (χ0n) is 8.53. The molecule has 0 fully saturated rings. The molecule has 0 aliphatic rings. The van der Waals surface area contributed by atoms with Crippen molar-refractivity contribution in [1.82, 2.24) is 0 Å². The molecule has 0 aliphatic heterocycles.